The average Bonchev–Trinajstić information content (AvgIpc) is 4.06. The van der Waals surface area contributed by atoms with Gasteiger partial charge in [0.05, 0.1) is 34.2 Å². The van der Waals surface area contributed by atoms with Gasteiger partial charge in [0, 0.05) is 61.4 Å². The fraction of sp³-hybridized carbons (Fsp3) is 0.633. The lowest BCUT2D eigenvalue weighted by Crippen LogP contribution is -2.55. The number of rotatable bonds is 11. The van der Waals surface area contributed by atoms with E-state index < -0.39 is 23.4 Å². The Morgan fingerprint density at radius 2 is 1.81 bits per heavy atom. The van der Waals surface area contributed by atoms with Crippen LogP contribution in [0, 0.1) is 46.3 Å². The van der Waals surface area contributed by atoms with Crippen molar-refractivity contribution in [1.82, 2.24) is 20.9 Å². The number of nitrogens with one attached hydrogen (secondary N) is 3. The topological polar surface area (TPSA) is 167 Å². The van der Waals surface area contributed by atoms with Crippen LogP contribution in [0.25, 0.3) is 0 Å². The molecule has 0 aromatic rings. The standard InChI is InChI=1S/C49H62N4O8S2/c1-3-48(17-5-6-18-48)34-11-9-30-22-32-31-15-19-49(42(32)41-39(30)44(34)61-46(41)58)35-12-10-28(8-4-7-21-54)45(51-24-27(2)55)63-62-26-52-36-23-29(16-20-50-36)33(40(31)43(49)47(59)60-35)25-53-37(56)13-14-38(53)57/h12-14,16,23,27-28,30-33,42,45,50-52,54-55H,3-11,15,17-22,24-26H2,1-2H3/b35-12-/t27-,28-,30-,31-,32-,33+,42+,45-,49-/m0/s1. The summed E-state index contributed by atoms with van der Waals surface area (Å²) in [6.45, 7) is 5.19. The summed E-state index contributed by atoms with van der Waals surface area (Å²) >= 11 is 0. The van der Waals surface area contributed by atoms with E-state index in [1.165, 1.54) is 35.5 Å². The van der Waals surface area contributed by atoms with Crippen molar-refractivity contribution in [2.75, 3.05) is 32.1 Å². The molecule has 1 saturated heterocycles. The van der Waals surface area contributed by atoms with E-state index in [2.05, 4.69) is 41.1 Å². The summed E-state index contributed by atoms with van der Waals surface area (Å²) in [6, 6.07) is 0. The summed E-state index contributed by atoms with van der Waals surface area (Å²) < 4.78 is 13.2. The van der Waals surface area contributed by atoms with Crippen molar-refractivity contribution in [2.24, 2.45) is 46.3 Å². The minimum Gasteiger partial charge on any atom is -0.427 e. The van der Waals surface area contributed by atoms with Crippen molar-refractivity contribution >= 4 is 45.3 Å². The van der Waals surface area contributed by atoms with Crippen LogP contribution in [0.1, 0.15) is 104 Å². The Bertz CT molecular complexity index is 2160. The number of esters is 2. The molecular weight excluding hydrogens is 837 g/mol. The quantitative estimate of drug-likeness (QED) is 0.0655. The smallest absolute Gasteiger partial charge is 0.340 e. The Labute approximate surface area is 378 Å². The number of aliphatic hydroxyl groups is 2. The molecule has 6 aliphatic carbocycles. The molecule has 2 saturated carbocycles. The normalized spacial score (nSPS) is 35.7. The van der Waals surface area contributed by atoms with E-state index in [1.807, 2.05) is 0 Å². The van der Waals surface area contributed by atoms with Crippen LogP contribution in [-0.2, 0) is 28.7 Å². The van der Waals surface area contributed by atoms with E-state index in [4.69, 9.17) is 9.47 Å². The fourth-order valence-electron chi connectivity index (χ4n) is 13.8. The summed E-state index contributed by atoms with van der Waals surface area (Å²) in [5.41, 5.74) is 4.81. The van der Waals surface area contributed by atoms with Gasteiger partial charge >= 0.3 is 11.9 Å². The largest absolute Gasteiger partial charge is 0.427 e. The lowest BCUT2D eigenvalue weighted by atomic mass is 9.42. The maximum Gasteiger partial charge on any atom is 0.340 e. The highest BCUT2D eigenvalue weighted by Gasteiger charge is 2.70. The van der Waals surface area contributed by atoms with Crippen LogP contribution in [0.5, 0.6) is 0 Å². The molecule has 5 N–H and O–H groups in total. The van der Waals surface area contributed by atoms with Crippen LogP contribution in [0.3, 0.4) is 0 Å². The molecule has 11 aliphatic rings. The molecule has 9 atom stereocenters. The van der Waals surface area contributed by atoms with Gasteiger partial charge in [-0.3, -0.25) is 14.5 Å². The van der Waals surface area contributed by atoms with Gasteiger partial charge in [0.25, 0.3) is 11.8 Å². The van der Waals surface area contributed by atoms with E-state index in [1.54, 1.807) is 28.5 Å². The van der Waals surface area contributed by atoms with Gasteiger partial charge < -0.3 is 35.6 Å². The molecule has 1 spiro atoms. The minimum atomic E-state index is -0.939. The van der Waals surface area contributed by atoms with Crippen LogP contribution in [0.4, 0.5) is 0 Å². The summed E-state index contributed by atoms with van der Waals surface area (Å²) in [4.78, 5) is 58.0. The van der Waals surface area contributed by atoms with Gasteiger partial charge in [-0.25, -0.2) is 9.59 Å². The van der Waals surface area contributed by atoms with Gasteiger partial charge in [0.2, 0.25) is 0 Å². The predicted molar refractivity (Wildman–Crippen MR) is 241 cm³/mol. The number of aliphatic hydroxyl groups excluding tert-OH is 2. The first kappa shape index (κ1) is 43.3. The van der Waals surface area contributed by atoms with Crippen molar-refractivity contribution in [3.8, 4) is 0 Å². The third-order valence-electron chi connectivity index (χ3n) is 16.5. The number of carbonyl (C=O) groups excluding carboxylic acids is 4. The molecule has 0 aromatic carbocycles. The minimum absolute atomic E-state index is 0.0142. The molecule has 12 nitrogen and oxygen atoms in total. The first-order valence-electron chi connectivity index (χ1n) is 23.7. The number of hydrogen-bond acceptors (Lipinski definition) is 13. The van der Waals surface area contributed by atoms with Crippen LogP contribution in [-0.4, -0.2) is 82.5 Å². The van der Waals surface area contributed by atoms with Crippen LogP contribution in [0.2, 0.25) is 0 Å². The van der Waals surface area contributed by atoms with Crippen LogP contribution < -0.4 is 16.0 Å². The lowest BCUT2D eigenvalue weighted by molar-refractivity contribution is -0.138. The van der Waals surface area contributed by atoms with Gasteiger partial charge in [0.1, 0.15) is 11.5 Å². The molecule has 5 aliphatic heterocycles. The molecule has 3 fully saturated rings. The van der Waals surface area contributed by atoms with Crippen LogP contribution in [0.15, 0.2) is 81.2 Å². The third-order valence-corrected chi connectivity index (χ3v) is 19.1. The Morgan fingerprint density at radius 3 is 2.57 bits per heavy atom. The Kier molecular flexibility index (Phi) is 11.9. The first-order valence-corrected chi connectivity index (χ1v) is 26.1. The van der Waals surface area contributed by atoms with Gasteiger partial charge in [0.15, 0.2) is 0 Å². The highest BCUT2D eigenvalue weighted by Crippen LogP contribution is 2.73. The number of unbranched alkanes of at least 4 members (excludes halogenated alkanes) is 1. The number of ether oxygens (including phenoxy) is 2. The van der Waals surface area contributed by atoms with Crippen molar-refractivity contribution in [3.05, 3.63) is 81.2 Å². The third kappa shape index (κ3) is 7.23. The van der Waals surface area contributed by atoms with Gasteiger partial charge in [-0.05, 0) is 136 Å². The van der Waals surface area contributed by atoms with Gasteiger partial charge in [-0.1, -0.05) is 53.9 Å². The van der Waals surface area contributed by atoms with E-state index in [0.717, 1.165) is 91.7 Å². The summed E-state index contributed by atoms with van der Waals surface area (Å²) in [7, 11) is 3.39. The molecule has 0 unspecified atom stereocenters. The zero-order valence-corrected chi connectivity index (χ0v) is 38.2. The second-order valence-electron chi connectivity index (χ2n) is 19.6. The summed E-state index contributed by atoms with van der Waals surface area (Å²) in [5.74, 6) is 0.845. The maximum atomic E-state index is 15.1. The zero-order valence-electron chi connectivity index (χ0n) is 36.5. The molecule has 0 radical (unpaired) electrons. The SMILES string of the molecule is CCC1(C2=C3OC(=O)C4=C3[C@@H](CC2)C[C@H]2[C@@H]3CC[C@@]5(C6=C3[C@H](CN3C(=O)C=CC3=O)C3=CCNC(=C3)NCSS[C@H](NC[C@H](C)O)[C@@H](CCCCO)C/C=C/5OC6=O)[C@@H]42)CCCC1. The number of dihydropyridines is 1. The van der Waals surface area contributed by atoms with Crippen molar-refractivity contribution < 1.29 is 38.9 Å². The number of hydrogen-bond donors (Lipinski definition) is 5. The van der Waals surface area contributed by atoms with Crippen LogP contribution >= 0.6 is 21.6 Å². The molecule has 5 heterocycles. The first-order chi connectivity index (χ1) is 30.6. The Balaban J connectivity index is 1.18. The molecule has 14 heteroatoms. The molecule has 11 rings (SSSR count). The maximum absolute atomic E-state index is 15.1. The van der Waals surface area contributed by atoms with Crippen molar-refractivity contribution in [1.29, 1.82) is 0 Å². The molecular formula is C49H62N4O8S2. The average molecular weight is 899 g/mol. The molecule has 2 amide bonds. The van der Waals surface area contributed by atoms with Gasteiger partial charge in [-0.2, -0.15) is 0 Å². The monoisotopic (exact) mass is 898 g/mol. The zero-order chi connectivity index (χ0) is 43.6. The number of imide groups is 1. The summed E-state index contributed by atoms with van der Waals surface area (Å²) in [6.07, 6.45) is 21.1. The Morgan fingerprint density at radius 1 is 1.00 bits per heavy atom. The number of nitrogens with zero attached hydrogens (tertiary/aromatic N) is 1. The number of amides is 2. The molecule has 0 aromatic heterocycles. The molecule has 7 bridgehead atoms. The second kappa shape index (κ2) is 17.3. The highest BCUT2D eigenvalue weighted by molar-refractivity contribution is 8.76. The van der Waals surface area contributed by atoms with E-state index in [0.29, 0.717) is 49.6 Å². The fourth-order valence-corrected chi connectivity index (χ4v) is 16.3. The van der Waals surface area contributed by atoms with E-state index >= 15 is 4.79 Å². The second-order valence-corrected chi connectivity index (χ2v) is 22.1. The lowest BCUT2D eigenvalue weighted by Gasteiger charge is -2.58. The number of carbonyl (C=O) groups is 4. The Hall–Kier alpha value is -3.56. The van der Waals surface area contributed by atoms with Gasteiger partial charge in [-0.15, -0.1) is 0 Å². The van der Waals surface area contributed by atoms with Crippen molar-refractivity contribution in [3.63, 3.8) is 0 Å². The summed E-state index contributed by atoms with van der Waals surface area (Å²) in [5, 5.41) is 30.8. The van der Waals surface area contributed by atoms with Crippen molar-refractivity contribution in [2.45, 2.75) is 115 Å². The molecule has 63 heavy (non-hydrogen) atoms. The highest BCUT2D eigenvalue weighted by atomic mass is 33.1. The van der Waals surface area contributed by atoms with E-state index in [-0.39, 0.29) is 71.3 Å². The number of fused-ring (bicyclic) bond motifs is 2. The predicted octanol–water partition coefficient (Wildman–Crippen LogP) is 6.58. The van der Waals surface area contributed by atoms with E-state index in [9.17, 15) is 24.6 Å². The molecule has 338 valence electrons. The number of allylic oxidation sites excluding steroid dienone is 5.